The van der Waals surface area contributed by atoms with Crippen LogP contribution in [0.3, 0.4) is 0 Å². The van der Waals surface area contributed by atoms with Gasteiger partial charge in [0.1, 0.15) is 0 Å². The minimum Gasteiger partial charge on any atom is -0.347 e. The number of Topliss-reactive ketones (excluding diaryl/α,β-unsaturated/α-hetero) is 1. The van der Waals surface area contributed by atoms with Crippen LogP contribution in [-0.4, -0.2) is 36.7 Å². The van der Waals surface area contributed by atoms with Crippen molar-refractivity contribution in [3.8, 4) is 0 Å². The van der Waals surface area contributed by atoms with Gasteiger partial charge in [-0.05, 0) is 32.7 Å². The lowest BCUT2D eigenvalue weighted by atomic mass is 10.1. The van der Waals surface area contributed by atoms with E-state index in [0.29, 0.717) is 19.4 Å². The maximum atomic E-state index is 11.5. The van der Waals surface area contributed by atoms with Crippen LogP contribution >= 0.6 is 0 Å². The molecule has 0 fully saturated rings. The summed E-state index contributed by atoms with van der Waals surface area (Å²) in [5, 5.41) is 5.07. The lowest BCUT2D eigenvalue weighted by Gasteiger charge is -2.15. The van der Waals surface area contributed by atoms with Crippen LogP contribution in [0.25, 0.3) is 0 Å². The molecule has 2 amide bonds. The highest BCUT2D eigenvalue weighted by atomic mass is 16.2. The molecule has 0 saturated carbocycles. The maximum Gasteiger partial charge on any atom is 0.239 e. The Balaban J connectivity index is 4.03. The highest BCUT2D eigenvalue weighted by Crippen LogP contribution is 2.01. The molecule has 18 heavy (non-hydrogen) atoms. The fourth-order valence-corrected chi connectivity index (χ4v) is 1.42. The van der Waals surface area contributed by atoms with E-state index in [-0.39, 0.29) is 24.1 Å². The molecule has 6 nitrogen and oxygen atoms in total. The molecule has 0 aliphatic rings. The lowest BCUT2D eigenvalue weighted by molar-refractivity contribution is -0.128. The van der Waals surface area contributed by atoms with Gasteiger partial charge in [-0.25, -0.2) is 0 Å². The van der Waals surface area contributed by atoms with Gasteiger partial charge in [-0.1, -0.05) is 6.92 Å². The predicted octanol–water partition coefficient (Wildman–Crippen LogP) is -0.285. The zero-order valence-electron chi connectivity index (χ0n) is 11.1. The van der Waals surface area contributed by atoms with Crippen LogP contribution in [0.15, 0.2) is 0 Å². The van der Waals surface area contributed by atoms with Crippen LogP contribution < -0.4 is 16.4 Å². The van der Waals surface area contributed by atoms with Gasteiger partial charge in [0.05, 0.1) is 12.6 Å². The number of carbonyl (C=O) groups excluding carboxylic acids is 3. The standard InChI is InChI=1S/C12H23N3O3/c1-3-11(17)14-8-12(18)15-10(9(2)16)6-4-5-7-13/h10H,3-8,13H2,1-2H3,(H,14,17)(H,15,18). The monoisotopic (exact) mass is 257 g/mol. The topological polar surface area (TPSA) is 101 Å². The van der Waals surface area contributed by atoms with E-state index in [2.05, 4.69) is 10.6 Å². The second-order valence-electron chi connectivity index (χ2n) is 4.15. The summed E-state index contributed by atoms with van der Waals surface area (Å²) in [6.45, 7) is 3.63. The summed E-state index contributed by atoms with van der Waals surface area (Å²) in [6.07, 6.45) is 2.54. The number of amides is 2. The summed E-state index contributed by atoms with van der Waals surface area (Å²) in [5.41, 5.74) is 5.37. The second-order valence-corrected chi connectivity index (χ2v) is 4.15. The van der Waals surface area contributed by atoms with Gasteiger partial charge in [0.25, 0.3) is 0 Å². The smallest absolute Gasteiger partial charge is 0.239 e. The molecular formula is C12H23N3O3. The molecule has 0 aromatic heterocycles. The highest BCUT2D eigenvalue weighted by Gasteiger charge is 2.16. The molecule has 0 radical (unpaired) electrons. The first kappa shape index (κ1) is 16.6. The molecule has 0 aliphatic heterocycles. The van der Waals surface area contributed by atoms with Crippen molar-refractivity contribution in [1.82, 2.24) is 10.6 Å². The summed E-state index contributed by atoms with van der Waals surface area (Å²) in [4.78, 5) is 33.8. The molecule has 0 bridgehead atoms. The molecule has 104 valence electrons. The lowest BCUT2D eigenvalue weighted by Crippen LogP contribution is -2.44. The number of carbonyl (C=O) groups is 3. The third-order valence-corrected chi connectivity index (χ3v) is 2.54. The molecular weight excluding hydrogens is 234 g/mol. The van der Waals surface area contributed by atoms with Crippen molar-refractivity contribution in [2.75, 3.05) is 13.1 Å². The van der Waals surface area contributed by atoms with Crippen LogP contribution in [0.5, 0.6) is 0 Å². The summed E-state index contributed by atoms with van der Waals surface area (Å²) < 4.78 is 0. The van der Waals surface area contributed by atoms with Gasteiger partial charge in [-0.2, -0.15) is 0 Å². The van der Waals surface area contributed by atoms with Gasteiger partial charge >= 0.3 is 0 Å². The van der Waals surface area contributed by atoms with E-state index in [9.17, 15) is 14.4 Å². The molecule has 0 aromatic carbocycles. The summed E-state index contributed by atoms with van der Waals surface area (Å²) >= 11 is 0. The first-order chi connectivity index (χ1) is 8.51. The van der Waals surface area contributed by atoms with Gasteiger partial charge in [-0.15, -0.1) is 0 Å². The molecule has 4 N–H and O–H groups in total. The van der Waals surface area contributed by atoms with E-state index < -0.39 is 6.04 Å². The van der Waals surface area contributed by atoms with Crippen LogP contribution in [0.4, 0.5) is 0 Å². The van der Waals surface area contributed by atoms with E-state index in [1.54, 1.807) is 6.92 Å². The number of rotatable bonds is 9. The van der Waals surface area contributed by atoms with Crippen molar-refractivity contribution >= 4 is 17.6 Å². The van der Waals surface area contributed by atoms with Gasteiger partial charge in [-0.3, -0.25) is 14.4 Å². The van der Waals surface area contributed by atoms with Crippen LogP contribution in [0.1, 0.15) is 39.5 Å². The normalized spacial score (nSPS) is 11.7. The number of ketones is 1. The Labute approximate surface area is 108 Å². The first-order valence-electron chi connectivity index (χ1n) is 6.27. The van der Waals surface area contributed by atoms with Gasteiger partial charge in [0.15, 0.2) is 5.78 Å². The summed E-state index contributed by atoms with van der Waals surface area (Å²) in [6, 6.07) is -0.484. The Bertz CT molecular complexity index is 292. The summed E-state index contributed by atoms with van der Waals surface area (Å²) in [7, 11) is 0. The summed E-state index contributed by atoms with van der Waals surface area (Å²) in [5.74, 6) is -0.611. The molecule has 0 rings (SSSR count). The molecule has 0 saturated heterocycles. The van der Waals surface area contributed by atoms with E-state index in [1.807, 2.05) is 0 Å². The molecule has 1 atom stereocenters. The zero-order valence-corrected chi connectivity index (χ0v) is 11.1. The second kappa shape index (κ2) is 9.58. The van der Waals surface area contributed by atoms with Crippen LogP contribution in [0, 0.1) is 0 Å². The van der Waals surface area contributed by atoms with Gasteiger partial charge < -0.3 is 16.4 Å². The fraction of sp³-hybridized carbons (Fsp3) is 0.750. The number of hydrogen-bond acceptors (Lipinski definition) is 4. The maximum absolute atomic E-state index is 11.5. The van der Waals surface area contributed by atoms with Crippen molar-refractivity contribution in [2.24, 2.45) is 5.73 Å². The van der Waals surface area contributed by atoms with E-state index in [0.717, 1.165) is 12.8 Å². The van der Waals surface area contributed by atoms with Crippen LogP contribution in [0.2, 0.25) is 0 Å². The molecule has 0 aromatic rings. The fourth-order valence-electron chi connectivity index (χ4n) is 1.42. The molecule has 6 heteroatoms. The molecule has 0 spiro atoms. The Kier molecular flexibility index (Phi) is 8.82. The van der Waals surface area contributed by atoms with Gasteiger partial charge in [0, 0.05) is 6.42 Å². The van der Waals surface area contributed by atoms with Crippen molar-refractivity contribution < 1.29 is 14.4 Å². The van der Waals surface area contributed by atoms with Crippen molar-refractivity contribution in [3.05, 3.63) is 0 Å². The van der Waals surface area contributed by atoms with E-state index in [1.165, 1.54) is 6.92 Å². The molecule has 0 heterocycles. The van der Waals surface area contributed by atoms with Crippen molar-refractivity contribution in [3.63, 3.8) is 0 Å². The number of unbranched alkanes of at least 4 members (excludes halogenated alkanes) is 1. The molecule has 0 aliphatic carbocycles. The minimum absolute atomic E-state index is 0.0813. The molecule has 1 unspecified atom stereocenters. The first-order valence-corrected chi connectivity index (χ1v) is 6.27. The Morgan fingerprint density at radius 1 is 1.17 bits per heavy atom. The quantitative estimate of drug-likeness (QED) is 0.494. The Morgan fingerprint density at radius 3 is 2.33 bits per heavy atom. The SMILES string of the molecule is CCC(=O)NCC(=O)NC(CCCCN)C(C)=O. The predicted molar refractivity (Wildman–Crippen MR) is 68.8 cm³/mol. The van der Waals surface area contributed by atoms with Crippen LogP contribution in [-0.2, 0) is 14.4 Å². The number of nitrogens with two attached hydrogens (primary N) is 1. The average Bonchev–Trinajstić information content (AvgIpc) is 2.34. The van der Waals surface area contributed by atoms with Gasteiger partial charge in [0.2, 0.25) is 11.8 Å². The third-order valence-electron chi connectivity index (χ3n) is 2.54. The highest BCUT2D eigenvalue weighted by molar-refractivity contribution is 5.89. The average molecular weight is 257 g/mol. The van der Waals surface area contributed by atoms with Crippen molar-refractivity contribution in [2.45, 2.75) is 45.6 Å². The number of nitrogens with one attached hydrogen (secondary N) is 2. The zero-order chi connectivity index (χ0) is 14.0. The minimum atomic E-state index is -0.484. The Hall–Kier alpha value is -1.43. The van der Waals surface area contributed by atoms with E-state index >= 15 is 0 Å². The Morgan fingerprint density at radius 2 is 1.83 bits per heavy atom. The third kappa shape index (κ3) is 7.78. The number of hydrogen-bond donors (Lipinski definition) is 3. The largest absolute Gasteiger partial charge is 0.347 e. The van der Waals surface area contributed by atoms with Crippen molar-refractivity contribution in [1.29, 1.82) is 0 Å². The van der Waals surface area contributed by atoms with E-state index in [4.69, 9.17) is 5.73 Å².